The summed E-state index contributed by atoms with van der Waals surface area (Å²) in [6.07, 6.45) is -3.53. The average molecular weight is 268 g/mol. The van der Waals surface area contributed by atoms with E-state index in [1.165, 1.54) is 0 Å². The molecule has 0 N–H and O–H groups in total. The number of rotatable bonds is 4. The standard InChI is InChI=1S/C10H9ClF3NO2/c1-2-17-7(16)4-5-3-6(11)15-10(14)8(5)9(12)13/h3,9H,2,4H2,1H3. The summed E-state index contributed by atoms with van der Waals surface area (Å²) in [6, 6.07) is 1.03. The van der Waals surface area contributed by atoms with E-state index in [1.54, 1.807) is 6.92 Å². The van der Waals surface area contributed by atoms with Gasteiger partial charge in [-0.15, -0.1) is 0 Å². The molecule has 0 aliphatic heterocycles. The van der Waals surface area contributed by atoms with Gasteiger partial charge in [-0.2, -0.15) is 4.39 Å². The molecule has 0 bridgehead atoms. The van der Waals surface area contributed by atoms with E-state index in [-0.39, 0.29) is 17.3 Å². The smallest absolute Gasteiger partial charge is 0.310 e. The molecule has 7 heteroatoms. The summed E-state index contributed by atoms with van der Waals surface area (Å²) in [5.41, 5.74) is -1.13. The zero-order valence-electron chi connectivity index (χ0n) is 8.84. The Bertz CT molecular complexity index is 426. The largest absolute Gasteiger partial charge is 0.466 e. The Balaban J connectivity index is 3.08. The molecule has 0 saturated carbocycles. The first-order chi connectivity index (χ1) is 7.95. The summed E-state index contributed by atoms with van der Waals surface area (Å²) in [4.78, 5) is 14.2. The number of ether oxygens (including phenoxy) is 1. The van der Waals surface area contributed by atoms with Crippen molar-refractivity contribution in [1.82, 2.24) is 4.98 Å². The Morgan fingerprint density at radius 2 is 2.24 bits per heavy atom. The van der Waals surface area contributed by atoms with Gasteiger partial charge >= 0.3 is 5.97 Å². The van der Waals surface area contributed by atoms with Gasteiger partial charge in [-0.25, -0.2) is 13.8 Å². The maximum absolute atomic E-state index is 13.2. The molecule has 17 heavy (non-hydrogen) atoms. The van der Waals surface area contributed by atoms with Crippen LogP contribution in [-0.4, -0.2) is 17.6 Å². The van der Waals surface area contributed by atoms with Gasteiger partial charge < -0.3 is 4.74 Å². The normalized spacial score (nSPS) is 10.7. The second-order valence-electron chi connectivity index (χ2n) is 3.09. The van der Waals surface area contributed by atoms with E-state index in [0.717, 1.165) is 6.07 Å². The van der Waals surface area contributed by atoms with E-state index < -0.39 is 30.3 Å². The molecule has 0 amide bonds. The van der Waals surface area contributed by atoms with Gasteiger partial charge in [-0.3, -0.25) is 4.79 Å². The maximum Gasteiger partial charge on any atom is 0.310 e. The number of hydrogen-bond donors (Lipinski definition) is 0. The van der Waals surface area contributed by atoms with Crippen LogP contribution in [0.1, 0.15) is 24.5 Å². The molecule has 0 fully saturated rings. The van der Waals surface area contributed by atoms with Crippen LogP contribution < -0.4 is 0 Å². The third kappa shape index (κ3) is 3.59. The first-order valence-electron chi connectivity index (χ1n) is 4.74. The second-order valence-corrected chi connectivity index (χ2v) is 3.48. The molecule has 1 rings (SSSR count). The van der Waals surface area contributed by atoms with Crippen molar-refractivity contribution in [3.05, 3.63) is 28.3 Å². The number of nitrogens with zero attached hydrogens (tertiary/aromatic N) is 1. The molecule has 0 aliphatic carbocycles. The number of pyridine rings is 1. The number of carbonyl (C=O) groups is 1. The Morgan fingerprint density at radius 1 is 1.59 bits per heavy atom. The van der Waals surface area contributed by atoms with Gasteiger partial charge in [0, 0.05) is 0 Å². The molecular formula is C10H9ClF3NO2. The fraction of sp³-hybridized carbons (Fsp3) is 0.400. The lowest BCUT2D eigenvalue weighted by molar-refractivity contribution is -0.142. The van der Waals surface area contributed by atoms with E-state index in [4.69, 9.17) is 11.6 Å². The molecule has 94 valence electrons. The SMILES string of the molecule is CCOC(=O)Cc1cc(Cl)nc(F)c1C(F)F. The van der Waals surface area contributed by atoms with Crippen LogP contribution in [0.15, 0.2) is 6.07 Å². The summed E-state index contributed by atoms with van der Waals surface area (Å²) in [7, 11) is 0. The Kier molecular flexibility index (Phi) is 4.74. The van der Waals surface area contributed by atoms with Crippen LogP contribution in [0.3, 0.4) is 0 Å². The monoisotopic (exact) mass is 267 g/mol. The third-order valence-corrected chi connectivity index (χ3v) is 2.12. The molecule has 1 aromatic rings. The van der Waals surface area contributed by atoms with Crippen molar-refractivity contribution in [2.45, 2.75) is 19.8 Å². The summed E-state index contributed by atoms with van der Waals surface area (Å²) < 4.78 is 42.9. The Morgan fingerprint density at radius 3 is 2.76 bits per heavy atom. The minimum atomic E-state index is -3.07. The quantitative estimate of drug-likeness (QED) is 0.622. The highest BCUT2D eigenvalue weighted by Crippen LogP contribution is 2.27. The van der Waals surface area contributed by atoms with E-state index >= 15 is 0 Å². The lowest BCUT2D eigenvalue weighted by atomic mass is 10.1. The molecule has 1 aromatic heterocycles. The van der Waals surface area contributed by atoms with Crippen molar-refractivity contribution in [1.29, 1.82) is 0 Å². The van der Waals surface area contributed by atoms with E-state index in [0.29, 0.717) is 0 Å². The molecule has 0 spiro atoms. The van der Waals surface area contributed by atoms with Gasteiger partial charge in [-0.05, 0) is 18.6 Å². The molecule has 1 heterocycles. The van der Waals surface area contributed by atoms with Crippen LogP contribution in [0.25, 0.3) is 0 Å². The molecule has 0 saturated heterocycles. The molecular weight excluding hydrogens is 259 g/mol. The van der Waals surface area contributed by atoms with Gasteiger partial charge in [0.15, 0.2) is 0 Å². The minimum Gasteiger partial charge on any atom is -0.466 e. The highest BCUT2D eigenvalue weighted by Gasteiger charge is 2.22. The van der Waals surface area contributed by atoms with Crippen LogP contribution in [0.4, 0.5) is 13.2 Å². The zero-order chi connectivity index (χ0) is 13.0. The number of hydrogen-bond acceptors (Lipinski definition) is 3. The van der Waals surface area contributed by atoms with Gasteiger partial charge in [0.05, 0.1) is 18.6 Å². The average Bonchev–Trinajstić information content (AvgIpc) is 2.15. The van der Waals surface area contributed by atoms with Crippen molar-refractivity contribution >= 4 is 17.6 Å². The van der Waals surface area contributed by atoms with Crippen molar-refractivity contribution in [3.8, 4) is 0 Å². The molecule has 3 nitrogen and oxygen atoms in total. The summed E-state index contributed by atoms with van der Waals surface area (Å²) in [6.45, 7) is 1.69. The van der Waals surface area contributed by atoms with Gasteiger partial charge in [0.1, 0.15) is 5.15 Å². The van der Waals surface area contributed by atoms with Crippen molar-refractivity contribution in [2.24, 2.45) is 0 Å². The van der Waals surface area contributed by atoms with E-state index in [1.807, 2.05) is 0 Å². The van der Waals surface area contributed by atoms with Crippen LogP contribution in [0, 0.1) is 5.95 Å². The highest BCUT2D eigenvalue weighted by molar-refractivity contribution is 6.29. The fourth-order valence-corrected chi connectivity index (χ4v) is 1.49. The Hall–Kier alpha value is -1.30. The lowest BCUT2D eigenvalue weighted by Gasteiger charge is -2.09. The first-order valence-corrected chi connectivity index (χ1v) is 5.12. The van der Waals surface area contributed by atoms with Gasteiger partial charge in [0.2, 0.25) is 5.95 Å². The van der Waals surface area contributed by atoms with Crippen molar-refractivity contribution in [2.75, 3.05) is 6.61 Å². The van der Waals surface area contributed by atoms with Crippen LogP contribution in [0.2, 0.25) is 5.15 Å². The zero-order valence-corrected chi connectivity index (χ0v) is 9.60. The molecule has 0 unspecified atom stereocenters. The number of alkyl halides is 2. The Labute approximate surface area is 101 Å². The summed E-state index contributed by atoms with van der Waals surface area (Å²) >= 11 is 5.44. The lowest BCUT2D eigenvalue weighted by Crippen LogP contribution is -2.11. The van der Waals surface area contributed by atoms with E-state index in [9.17, 15) is 18.0 Å². The van der Waals surface area contributed by atoms with Crippen LogP contribution >= 0.6 is 11.6 Å². The number of carbonyl (C=O) groups excluding carboxylic acids is 1. The van der Waals surface area contributed by atoms with Gasteiger partial charge in [-0.1, -0.05) is 11.6 Å². The van der Waals surface area contributed by atoms with Crippen molar-refractivity contribution < 1.29 is 22.7 Å². The maximum atomic E-state index is 13.2. The highest BCUT2D eigenvalue weighted by atomic mass is 35.5. The molecule has 0 aliphatic rings. The predicted octanol–water partition coefficient (Wildman–Crippen LogP) is 2.92. The number of esters is 1. The minimum absolute atomic E-state index is 0.115. The second kappa shape index (κ2) is 5.86. The molecule has 0 aromatic carbocycles. The van der Waals surface area contributed by atoms with Crippen LogP contribution in [-0.2, 0) is 16.0 Å². The fourth-order valence-electron chi connectivity index (χ4n) is 1.28. The first kappa shape index (κ1) is 13.8. The summed E-state index contributed by atoms with van der Waals surface area (Å²) in [5.74, 6) is -2.09. The molecule has 0 atom stereocenters. The third-order valence-electron chi connectivity index (χ3n) is 1.92. The predicted molar refractivity (Wildman–Crippen MR) is 54.5 cm³/mol. The topological polar surface area (TPSA) is 39.2 Å². The number of aromatic nitrogens is 1. The molecule has 0 radical (unpaired) electrons. The van der Waals surface area contributed by atoms with E-state index in [2.05, 4.69) is 9.72 Å². The summed E-state index contributed by atoms with van der Waals surface area (Å²) in [5, 5.41) is -0.286. The number of halogens is 4. The van der Waals surface area contributed by atoms with Crippen molar-refractivity contribution in [3.63, 3.8) is 0 Å². The van der Waals surface area contributed by atoms with Crippen LogP contribution in [0.5, 0.6) is 0 Å². The van der Waals surface area contributed by atoms with Gasteiger partial charge in [0.25, 0.3) is 6.43 Å².